The third-order valence-corrected chi connectivity index (χ3v) is 5.81. The van der Waals surface area contributed by atoms with Gasteiger partial charge in [0, 0.05) is 21.8 Å². The van der Waals surface area contributed by atoms with Crippen LogP contribution >= 0.6 is 25.3 Å². The number of ether oxygens (including phenoxy) is 1. The summed E-state index contributed by atoms with van der Waals surface area (Å²) in [6.45, 7) is 5.00. The van der Waals surface area contributed by atoms with Crippen LogP contribution in [-0.2, 0) is 6.42 Å². The molecule has 3 heteroatoms. The fourth-order valence-corrected chi connectivity index (χ4v) is 3.57. The summed E-state index contributed by atoms with van der Waals surface area (Å²) < 4.78 is 6.17. The van der Waals surface area contributed by atoms with Crippen LogP contribution in [-0.4, -0.2) is 6.61 Å². The molecule has 3 rings (SSSR count). The Morgan fingerprint density at radius 3 is 2.11 bits per heavy atom. The van der Waals surface area contributed by atoms with E-state index < -0.39 is 0 Å². The molecule has 0 amide bonds. The molecular formula is C25H26OS2. The van der Waals surface area contributed by atoms with E-state index in [4.69, 9.17) is 30.0 Å². The summed E-state index contributed by atoms with van der Waals surface area (Å²) >= 11 is 9.58. The average molecular weight is 407 g/mol. The van der Waals surface area contributed by atoms with E-state index in [1.165, 1.54) is 11.1 Å². The molecule has 0 aliphatic carbocycles. The molecule has 0 radical (unpaired) electrons. The standard InChI is InChI=1S/C25H26OS2/c1-18(2)21-13-14-23(26-16-15-19-9-5-3-6-10-19)22(17-21)25(28)24(27)20-11-7-4-8-12-20/h3-14,17-18,27-28H,15-16H2,1-2H3/b25-24-. The first kappa shape index (κ1) is 20.6. The van der Waals surface area contributed by atoms with Crippen LogP contribution in [0, 0.1) is 0 Å². The van der Waals surface area contributed by atoms with Crippen molar-refractivity contribution < 1.29 is 4.74 Å². The van der Waals surface area contributed by atoms with Gasteiger partial charge in [-0.1, -0.05) is 80.6 Å². The van der Waals surface area contributed by atoms with E-state index in [0.29, 0.717) is 12.5 Å². The summed E-state index contributed by atoms with van der Waals surface area (Å²) in [5.41, 5.74) is 4.55. The third kappa shape index (κ3) is 5.24. The van der Waals surface area contributed by atoms with Gasteiger partial charge in [-0.3, -0.25) is 0 Å². The SMILES string of the molecule is CC(C)c1ccc(OCCc2ccccc2)c(/C(S)=C(/S)c2ccccc2)c1. The quantitative estimate of drug-likeness (QED) is 0.314. The van der Waals surface area contributed by atoms with Crippen LogP contribution in [0.5, 0.6) is 5.75 Å². The zero-order chi connectivity index (χ0) is 19.9. The van der Waals surface area contributed by atoms with Crippen molar-refractivity contribution in [1.29, 1.82) is 0 Å². The van der Waals surface area contributed by atoms with Gasteiger partial charge in [0.15, 0.2) is 0 Å². The number of thiol groups is 2. The number of hydrogen-bond donors (Lipinski definition) is 2. The van der Waals surface area contributed by atoms with Crippen molar-refractivity contribution in [2.45, 2.75) is 26.2 Å². The van der Waals surface area contributed by atoms with Gasteiger partial charge in [-0.25, -0.2) is 0 Å². The Labute approximate surface area is 179 Å². The highest BCUT2D eigenvalue weighted by Gasteiger charge is 2.13. The third-order valence-electron chi connectivity index (χ3n) is 4.69. The molecule has 0 aromatic heterocycles. The summed E-state index contributed by atoms with van der Waals surface area (Å²) in [5.74, 6) is 1.27. The van der Waals surface area contributed by atoms with E-state index in [9.17, 15) is 0 Å². The average Bonchev–Trinajstić information content (AvgIpc) is 2.74. The molecule has 0 aliphatic heterocycles. The first-order valence-electron chi connectivity index (χ1n) is 9.55. The molecule has 0 spiro atoms. The maximum Gasteiger partial charge on any atom is 0.127 e. The summed E-state index contributed by atoms with van der Waals surface area (Å²) in [6.07, 6.45) is 0.865. The van der Waals surface area contributed by atoms with E-state index in [-0.39, 0.29) is 0 Å². The smallest absolute Gasteiger partial charge is 0.127 e. The Morgan fingerprint density at radius 1 is 0.821 bits per heavy atom. The lowest BCUT2D eigenvalue weighted by molar-refractivity contribution is 0.321. The largest absolute Gasteiger partial charge is 0.493 e. The second kappa shape index (κ2) is 9.90. The first-order valence-corrected chi connectivity index (χ1v) is 10.4. The van der Waals surface area contributed by atoms with Gasteiger partial charge in [0.2, 0.25) is 0 Å². The van der Waals surface area contributed by atoms with Crippen LogP contribution in [0.1, 0.15) is 42.0 Å². The van der Waals surface area contributed by atoms with Crippen molar-refractivity contribution in [2.75, 3.05) is 6.61 Å². The molecule has 0 saturated heterocycles. The fourth-order valence-electron chi connectivity index (χ4n) is 3.00. The van der Waals surface area contributed by atoms with Crippen molar-refractivity contribution in [2.24, 2.45) is 0 Å². The fraction of sp³-hybridized carbons (Fsp3) is 0.200. The van der Waals surface area contributed by atoms with Gasteiger partial charge in [0.05, 0.1) is 6.61 Å². The second-order valence-corrected chi connectivity index (χ2v) is 7.95. The molecule has 144 valence electrons. The highest BCUT2D eigenvalue weighted by molar-refractivity contribution is 7.96. The van der Waals surface area contributed by atoms with Crippen molar-refractivity contribution >= 4 is 35.1 Å². The highest BCUT2D eigenvalue weighted by Crippen LogP contribution is 2.38. The van der Waals surface area contributed by atoms with Crippen LogP contribution in [0.3, 0.4) is 0 Å². The summed E-state index contributed by atoms with van der Waals surface area (Å²) in [7, 11) is 0. The lowest BCUT2D eigenvalue weighted by Gasteiger charge is -2.16. The molecule has 0 heterocycles. The minimum absolute atomic E-state index is 0.429. The van der Waals surface area contributed by atoms with Crippen molar-refractivity contribution in [1.82, 2.24) is 0 Å². The van der Waals surface area contributed by atoms with Gasteiger partial charge < -0.3 is 4.74 Å². The van der Waals surface area contributed by atoms with Crippen LogP contribution in [0.2, 0.25) is 0 Å². The normalized spacial score (nSPS) is 12.0. The Balaban J connectivity index is 1.90. The lowest BCUT2D eigenvalue weighted by Crippen LogP contribution is -2.04. The predicted octanol–water partition coefficient (Wildman–Crippen LogP) is 7.12. The minimum Gasteiger partial charge on any atom is -0.493 e. The minimum atomic E-state index is 0.429. The van der Waals surface area contributed by atoms with Crippen LogP contribution in [0.25, 0.3) is 9.81 Å². The molecule has 0 fully saturated rings. The molecule has 28 heavy (non-hydrogen) atoms. The maximum absolute atomic E-state index is 6.17. The monoisotopic (exact) mass is 406 g/mol. The Hall–Kier alpha value is -2.10. The van der Waals surface area contributed by atoms with E-state index in [1.54, 1.807) is 0 Å². The zero-order valence-electron chi connectivity index (χ0n) is 16.3. The topological polar surface area (TPSA) is 9.23 Å². The van der Waals surface area contributed by atoms with Gasteiger partial charge in [0.25, 0.3) is 0 Å². The zero-order valence-corrected chi connectivity index (χ0v) is 18.1. The summed E-state index contributed by atoms with van der Waals surface area (Å²) in [6, 6.07) is 26.8. The van der Waals surface area contributed by atoms with Gasteiger partial charge in [-0.05, 0) is 34.7 Å². The highest BCUT2D eigenvalue weighted by atomic mass is 32.1. The molecule has 0 unspecified atom stereocenters. The van der Waals surface area contributed by atoms with E-state index in [1.807, 2.05) is 36.4 Å². The van der Waals surface area contributed by atoms with E-state index in [0.717, 1.165) is 33.1 Å². The van der Waals surface area contributed by atoms with Crippen LogP contribution in [0.15, 0.2) is 78.9 Å². The van der Waals surface area contributed by atoms with Gasteiger partial charge in [0.1, 0.15) is 5.75 Å². The molecule has 0 N–H and O–H groups in total. The lowest BCUT2D eigenvalue weighted by atomic mass is 9.99. The Morgan fingerprint density at radius 2 is 1.46 bits per heavy atom. The first-order chi connectivity index (χ1) is 13.6. The number of benzene rings is 3. The van der Waals surface area contributed by atoms with Gasteiger partial charge in [-0.2, -0.15) is 0 Å². The molecule has 0 atom stereocenters. The molecule has 3 aromatic carbocycles. The van der Waals surface area contributed by atoms with Crippen LogP contribution < -0.4 is 4.74 Å². The summed E-state index contributed by atoms with van der Waals surface area (Å²) in [5, 5.41) is 0. The Kier molecular flexibility index (Phi) is 7.30. The molecule has 0 aliphatic rings. The van der Waals surface area contributed by atoms with E-state index in [2.05, 4.69) is 56.3 Å². The summed E-state index contributed by atoms with van der Waals surface area (Å²) in [4.78, 5) is 1.67. The second-order valence-electron chi connectivity index (χ2n) is 7.06. The van der Waals surface area contributed by atoms with Crippen molar-refractivity contribution in [3.05, 3.63) is 101 Å². The molecular weight excluding hydrogens is 380 g/mol. The molecule has 1 nitrogen and oxygen atoms in total. The van der Waals surface area contributed by atoms with Crippen molar-refractivity contribution in [3.63, 3.8) is 0 Å². The molecule has 0 bridgehead atoms. The van der Waals surface area contributed by atoms with Gasteiger partial charge >= 0.3 is 0 Å². The van der Waals surface area contributed by atoms with Gasteiger partial charge in [-0.15, -0.1) is 25.3 Å². The molecule has 0 saturated carbocycles. The number of rotatable bonds is 7. The van der Waals surface area contributed by atoms with Crippen molar-refractivity contribution in [3.8, 4) is 5.75 Å². The van der Waals surface area contributed by atoms with E-state index >= 15 is 0 Å². The number of hydrogen-bond acceptors (Lipinski definition) is 3. The molecule has 3 aromatic rings. The Bertz CT molecular complexity index is 931. The maximum atomic E-state index is 6.17. The predicted molar refractivity (Wildman–Crippen MR) is 127 cm³/mol. The van der Waals surface area contributed by atoms with Crippen LogP contribution in [0.4, 0.5) is 0 Å².